The maximum Gasteiger partial charge on any atom is 0.344 e. The van der Waals surface area contributed by atoms with Gasteiger partial charge in [-0.3, -0.25) is 24.0 Å². The van der Waals surface area contributed by atoms with Crippen molar-refractivity contribution in [2.24, 2.45) is 160 Å². The van der Waals surface area contributed by atoms with Crippen LogP contribution in [0.1, 0.15) is 119 Å². The molecule has 16 nitrogen and oxygen atoms in total. The number of fused-ring (bicyclic) bond motifs is 27. The summed E-state index contributed by atoms with van der Waals surface area (Å²) < 4.78 is 25.0. The molecule has 0 aromatic carbocycles. The third kappa shape index (κ3) is 9.49. The maximum atomic E-state index is 12.8. The lowest BCUT2D eigenvalue weighted by atomic mass is 9.62. The highest BCUT2D eigenvalue weighted by atomic mass is 16.6. The van der Waals surface area contributed by atoms with Gasteiger partial charge in [-0.15, -0.1) is 0 Å². The molecule has 29 unspecified atom stereocenters. The number of carbonyl (C=O) groups excluding carboxylic acids is 7. The minimum atomic E-state index is -0.645. The highest BCUT2D eigenvalue weighted by Gasteiger charge is 2.69. The zero-order valence-corrected chi connectivity index (χ0v) is 46.6. The van der Waals surface area contributed by atoms with E-state index >= 15 is 0 Å². The zero-order valence-electron chi connectivity index (χ0n) is 46.6. The Morgan fingerprint density at radius 3 is 1.53 bits per heavy atom. The zero-order chi connectivity index (χ0) is 54.5. The Morgan fingerprint density at radius 1 is 0.597 bits per heavy atom. The van der Waals surface area contributed by atoms with Gasteiger partial charge in [0.25, 0.3) is 0 Å². The first-order valence-electron chi connectivity index (χ1n) is 30.3. The molecule has 0 aromatic heterocycles. The summed E-state index contributed by atoms with van der Waals surface area (Å²) in [5.41, 5.74) is 0. The number of hydrogen-bond acceptors (Lipinski definition) is 14. The van der Waals surface area contributed by atoms with Crippen molar-refractivity contribution in [1.82, 2.24) is 10.6 Å². The second-order valence-electron chi connectivity index (χ2n) is 27.4. The van der Waals surface area contributed by atoms with Crippen LogP contribution in [0.15, 0.2) is 0 Å². The molecule has 1 aliphatic heterocycles. The molecule has 29 atom stereocenters. The summed E-state index contributed by atoms with van der Waals surface area (Å²) in [6.45, 7) is 15.7. The number of ether oxygens (including phenoxy) is 5. The fourth-order valence-electron chi connectivity index (χ4n) is 21.8. The quantitative estimate of drug-likeness (QED) is 0.0739. The van der Waals surface area contributed by atoms with Crippen LogP contribution >= 0.6 is 0 Å². The third-order valence-corrected chi connectivity index (χ3v) is 24.9. The maximum absolute atomic E-state index is 12.8. The van der Waals surface area contributed by atoms with E-state index in [0.29, 0.717) is 35.5 Å². The summed E-state index contributed by atoms with van der Waals surface area (Å²) in [6, 6.07) is 1.28. The normalized spacial score (nSPS) is 47.6. The van der Waals surface area contributed by atoms with Crippen molar-refractivity contribution in [2.45, 2.75) is 131 Å². The standard InChI is InChI=1S/C21H28O6.C20H28N2O3.C20H31NO4/c1-9-10(2)14-6-13(9)19-11-3-15(20(14)19)16(4-11)21(24)26-8-18(23)27-12-5-17(22)25-7-12;1-10-11(2)14-8-13(10)18-12-6-15(19(14)18)16(7-12)20(24)22-9-17(23)25-5-3-4-21;1-9-10(2)14-8-13(9)17-12-6-15(18(14)17)16(7-12)19(23)21-11(3)20(24)25-5-4-22/h9-16,19-20H,3-8H2,1-2H3;10-16,18-19H,3,5-9H2,1-2H3,(H,22,24);9-18,22H,4-8H2,1-3H3,(H,21,23). The first-order chi connectivity index (χ1) is 36.9. The van der Waals surface area contributed by atoms with E-state index in [9.17, 15) is 33.6 Å². The van der Waals surface area contributed by atoms with Crippen LogP contribution in [-0.4, -0.2) is 98.5 Å². The van der Waals surface area contributed by atoms with Crippen molar-refractivity contribution in [1.29, 1.82) is 5.26 Å². The molecule has 0 radical (unpaired) electrons. The van der Waals surface area contributed by atoms with Crippen LogP contribution in [0.2, 0.25) is 0 Å². The van der Waals surface area contributed by atoms with Crippen LogP contribution in [-0.2, 0) is 57.2 Å². The molecule has 3 N–H and O–H groups in total. The molecule has 2 amide bonds. The molecule has 13 fully saturated rings. The average molecular weight is 1070 g/mol. The fraction of sp³-hybridized carbons (Fsp3) is 0.869. The molecule has 1 heterocycles. The SMILES string of the molecule is CC(NC(=O)C1CC2CC1C1C3CC(C(C)C3C)C21)C(=O)OCCO.CC1C(C)C2CC1C1C3CC(C(=O)NCC(=O)OCCC#N)C(C3)C21.CC1C(C)C2CC1C1C3CC(C(=O)OCC(=O)OC4COC(=O)C4)C(C3)C21. The van der Waals surface area contributed by atoms with Gasteiger partial charge in [-0.1, -0.05) is 41.5 Å². The number of aliphatic hydroxyl groups excluding tert-OH is 1. The van der Waals surface area contributed by atoms with Crippen LogP contribution in [0.3, 0.4) is 0 Å². The molecule has 12 aliphatic carbocycles. The molecule has 77 heavy (non-hydrogen) atoms. The Balaban J connectivity index is 0.000000123. The summed E-state index contributed by atoms with van der Waals surface area (Å²) in [5.74, 6) is 16.2. The van der Waals surface area contributed by atoms with Gasteiger partial charge in [0, 0.05) is 11.8 Å². The molecule has 16 heteroatoms. The smallest absolute Gasteiger partial charge is 0.344 e. The van der Waals surface area contributed by atoms with E-state index in [1.54, 1.807) is 6.92 Å². The molecule has 13 rings (SSSR count). The number of nitriles is 1. The molecule has 1 saturated heterocycles. The van der Waals surface area contributed by atoms with Crippen molar-refractivity contribution in [3.8, 4) is 6.07 Å². The second-order valence-corrected chi connectivity index (χ2v) is 27.4. The number of cyclic esters (lactones) is 1. The van der Waals surface area contributed by atoms with Gasteiger partial charge in [-0.25, -0.2) is 9.59 Å². The van der Waals surface area contributed by atoms with Gasteiger partial charge < -0.3 is 39.4 Å². The Hall–Kier alpha value is -4.26. The molecule has 0 spiro atoms. The van der Waals surface area contributed by atoms with Crippen molar-refractivity contribution >= 4 is 41.7 Å². The van der Waals surface area contributed by atoms with Crippen LogP contribution in [0.25, 0.3) is 0 Å². The van der Waals surface area contributed by atoms with Crippen molar-refractivity contribution < 1.29 is 62.4 Å². The number of amides is 2. The molecule has 0 aromatic rings. The van der Waals surface area contributed by atoms with E-state index in [1.165, 1.54) is 32.1 Å². The Kier molecular flexibility index (Phi) is 15.4. The summed E-state index contributed by atoms with van der Waals surface area (Å²) in [6.07, 6.45) is 10.3. The molecular formula is C61H87N3O13. The lowest BCUT2D eigenvalue weighted by Crippen LogP contribution is -2.47. The Labute approximate surface area is 455 Å². The van der Waals surface area contributed by atoms with E-state index in [0.717, 1.165) is 132 Å². The molecule has 12 bridgehead atoms. The number of carbonyl (C=O) groups is 7. The minimum absolute atomic E-state index is 0.0178. The number of aliphatic hydroxyl groups is 1. The lowest BCUT2D eigenvalue weighted by Gasteiger charge is -2.43. The average Bonchev–Trinajstić information content (AvgIpc) is 4.41. The number of nitrogens with one attached hydrogen (secondary N) is 2. The highest BCUT2D eigenvalue weighted by Crippen LogP contribution is 2.74. The van der Waals surface area contributed by atoms with Crippen LogP contribution in [0, 0.1) is 171 Å². The van der Waals surface area contributed by atoms with Gasteiger partial charge in [-0.2, -0.15) is 5.26 Å². The van der Waals surface area contributed by atoms with Crippen LogP contribution < -0.4 is 10.6 Å². The van der Waals surface area contributed by atoms with Gasteiger partial charge in [0.1, 0.15) is 38.5 Å². The van der Waals surface area contributed by atoms with Gasteiger partial charge in [0.15, 0.2) is 6.61 Å². The first-order valence-corrected chi connectivity index (χ1v) is 30.3. The van der Waals surface area contributed by atoms with Gasteiger partial charge in [0.2, 0.25) is 11.8 Å². The fourth-order valence-corrected chi connectivity index (χ4v) is 21.8. The Morgan fingerprint density at radius 2 is 1.06 bits per heavy atom. The number of rotatable bonds is 14. The van der Waals surface area contributed by atoms with E-state index < -0.39 is 30.1 Å². The highest BCUT2D eigenvalue weighted by molar-refractivity contribution is 5.86. The summed E-state index contributed by atoms with van der Waals surface area (Å²) in [4.78, 5) is 84.5. The van der Waals surface area contributed by atoms with Gasteiger partial charge >= 0.3 is 29.8 Å². The molecule has 13 aliphatic rings. The topological polar surface area (TPSA) is 234 Å². The van der Waals surface area contributed by atoms with Gasteiger partial charge in [0.05, 0.1) is 31.4 Å². The second kappa shape index (κ2) is 21.7. The molecule has 12 saturated carbocycles. The summed E-state index contributed by atoms with van der Waals surface area (Å²) >= 11 is 0. The predicted octanol–water partition coefficient (Wildman–Crippen LogP) is 6.41. The molecule has 424 valence electrons. The van der Waals surface area contributed by atoms with Crippen molar-refractivity contribution in [3.63, 3.8) is 0 Å². The Bertz CT molecular complexity index is 2360. The predicted molar refractivity (Wildman–Crippen MR) is 276 cm³/mol. The molecular weight excluding hydrogens is 983 g/mol. The number of esters is 5. The van der Waals surface area contributed by atoms with Crippen molar-refractivity contribution in [3.05, 3.63) is 0 Å². The van der Waals surface area contributed by atoms with E-state index in [2.05, 4.69) is 52.2 Å². The minimum Gasteiger partial charge on any atom is -0.463 e. The summed E-state index contributed by atoms with van der Waals surface area (Å²) in [7, 11) is 0. The van der Waals surface area contributed by atoms with Crippen LogP contribution in [0.5, 0.6) is 0 Å². The van der Waals surface area contributed by atoms with E-state index in [-0.39, 0.29) is 93.9 Å². The van der Waals surface area contributed by atoms with E-state index in [1.807, 2.05) is 6.07 Å². The monoisotopic (exact) mass is 1070 g/mol. The number of hydrogen-bond donors (Lipinski definition) is 3. The third-order valence-electron chi connectivity index (χ3n) is 24.9. The first kappa shape index (κ1) is 54.7. The van der Waals surface area contributed by atoms with Gasteiger partial charge in [-0.05, 0) is 207 Å². The van der Waals surface area contributed by atoms with E-state index in [4.69, 9.17) is 34.1 Å². The van der Waals surface area contributed by atoms with Crippen molar-refractivity contribution in [2.75, 3.05) is 39.6 Å². The number of nitrogens with zero attached hydrogens (tertiary/aromatic N) is 1. The lowest BCUT2D eigenvalue weighted by molar-refractivity contribution is -0.166. The largest absolute Gasteiger partial charge is 0.463 e. The summed E-state index contributed by atoms with van der Waals surface area (Å²) in [5, 5.41) is 22.8. The van der Waals surface area contributed by atoms with Crippen LogP contribution in [0.4, 0.5) is 0 Å².